The third-order valence-electron chi connectivity index (χ3n) is 4.37. The molecule has 0 radical (unpaired) electrons. The number of methoxy groups -OCH3 is 1. The molecule has 98 valence electrons. The first-order valence-corrected chi connectivity index (χ1v) is 6.66. The third-order valence-corrected chi connectivity index (χ3v) is 4.37. The molecule has 2 unspecified atom stereocenters. The predicted octanol–water partition coefficient (Wildman–Crippen LogP) is 1.88. The number of aliphatic carboxylic acids is 1. The van der Waals surface area contributed by atoms with Crippen molar-refractivity contribution in [1.82, 2.24) is 4.90 Å². The van der Waals surface area contributed by atoms with Crippen LogP contribution in [-0.2, 0) is 9.53 Å². The highest BCUT2D eigenvalue weighted by Crippen LogP contribution is 2.39. The number of hydrogen-bond acceptors (Lipinski definition) is 3. The maximum atomic E-state index is 11.2. The zero-order valence-corrected chi connectivity index (χ0v) is 10.7. The van der Waals surface area contributed by atoms with Crippen LogP contribution >= 0.6 is 0 Å². The molecular weight excluding hydrogens is 218 g/mol. The van der Waals surface area contributed by atoms with Gasteiger partial charge in [-0.15, -0.1) is 0 Å². The van der Waals surface area contributed by atoms with Gasteiger partial charge in [0.15, 0.2) is 0 Å². The second kappa shape index (κ2) is 5.36. The summed E-state index contributed by atoms with van der Waals surface area (Å²) < 4.78 is 5.47. The SMILES string of the molecule is COC1CCCC(CC(=O)O)(N2CCCC2)C1. The molecule has 0 aromatic heterocycles. The van der Waals surface area contributed by atoms with E-state index in [9.17, 15) is 9.90 Å². The lowest BCUT2D eigenvalue weighted by atomic mass is 9.76. The molecule has 1 saturated carbocycles. The van der Waals surface area contributed by atoms with E-state index in [4.69, 9.17) is 4.74 Å². The van der Waals surface area contributed by atoms with Gasteiger partial charge in [0, 0.05) is 12.6 Å². The van der Waals surface area contributed by atoms with Crippen molar-refractivity contribution in [3.05, 3.63) is 0 Å². The minimum absolute atomic E-state index is 0.138. The quantitative estimate of drug-likeness (QED) is 0.816. The van der Waals surface area contributed by atoms with Gasteiger partial charge in [0.1, 0.15) is 0 Å². The molecule has 17 heavy (non-hydrogen) atoms. The van der Waals surface area contributed by atoms with Crippen molar-refractivity contribution in [3.63, 3.8) is 0 Å². The maximum absolute atomic E-state index is 11.2. The van der Waals surface area contributed by atoms with E-state index in [1.54, 1.807) is 7.11 Å². The summed E-state index contributed by atoms with van der Waals surface area (Å²) in [4.78, 5) is 13.6. The molecule has 1 N–H and O–H groups in total. The summed E-state index contributed by atoms with van der Waals surface area (Å²) in [5.41, 5.74) is -0.138. The summed E-state index contributed by atoms with van der Waals surface area (Å²) in [7, 11) is 1.74. The Balaban J connectivity index is 2.12. The Labute approximate surface area is 103 Å². The summed E-state index contributed by atoms with van der Waals surface area (Å²) in [6, 6.07) is 0. The highest BCUT2D eigenvalue weighted by Gasteiger charge is 2.43. The maximum Gasteiger partial charge on any atom is 0.305 e. The van der Waals surface area contributed by atoms with Gasteiger partial charge in [-0.2, -0.15) is 0 Å². The summed E-state index contributed by atoms with van der Waals surface area (Å²) in [5.74, 6) is -0.673. The van der Waals surface area contributed by atoms with Crippen LogP contribution < -0.4 is 0 Å². The molecule has 1 saturated heterocycles. The topological polar surface area (TPSA) is 49.8 Å². The lowest BCUT2D eigenvalue weighted by Gasteiger charge is -2.46. The molecule has 2 rings (SSSR count). The third kappa shape index (κ3) is 2.80. The van der Waals surface area contributed by atoms with E-state index in [0.29, 0.717) is 0 Å². The van der Waals surface area contributed by atoms with E-state index in [1.165, 1.54) is 12.8 Å². The molecule has 1 aliphatic carbocycles. The van der Waals surface area contributed by atoms with Crippen molar-refractivity contribution in [2.24, 2.45) is 0 Å². The lowest BCUT2D eigenvalue weighted by molar-refractivity contribution is -0.142. The summed E-state index contributed by atoms with van der Waals surface area (Å²) in [6.45, 7) is 2.12. The molecule has 1 aliphatic heterocycles. The molecular formula is C13H23NO3. The molecule has 1 heterocycles. The van der Waals surface area contributed by atoms with Crippen molar-refractivity contribution in [3.8, 4) is 0 Å². The zero-order chi connectivity index (χ0) is 12.3. The molecule has 2 aliphatic rings. The highest BCUT2D eigenvalue weighted by molar-refractivity contribution is 5.68. The van der Waals surface area contributed by atoms with Crippen molar-refractivity contribution in [2.75, 3.05) is 20.2 Å². The number of nitrogens with zero attached hydrogens (tertiary/aromatic N) is 1. The van der Waals surface area contributed by atoms with Gasteiger partial charge < -0.3 is 9.84 Å². The first-order chi connectivity index (χ1) is 8.16. The van der Waals surface area contributed by atoms with E-state index >= 15 is 0 Å². The molecule has 0 aromatic carbocycles. The van der Waals surface area contributed by atoms with Gasteiger partial charge >= 0.3 is 5.97 Å². The average molecular weight is 241 g/mol. The van der Waals surface area contributed by atoms with Crippen LogP contribution in [0.25, 0.3) is 0 Å². The molecule has 2 fully saturated rings. The van der Waals surface area contributed by atoms with Crippen LogP contribution in [0.5, 0.6) is 0 Å². The Morgan fingerprint density at radius 1 is 1.41 bits per heavy atom. The Morgan fingerprint density at radius 3 is 2.71 bits per heavy atom. The van der Waals surface area contributed by atoms with Crippen LogP contribution in [0.15, 0.2) is 0 Å². The van der Waals surface area contributed by atoms with Crippen LogP contribution in [0.3, 0.4) is 0 Å². The fourth-order valence-electron chi connectivity index (χ4n) is 3.52. The first kappa shape index (κ1) is 12.8. The van der Waals surface area contributed by atoms with Crippen molar-refractivity contribution < 1.29 is 14.6 Å². The number of hydrogen-bond donors (Lipinski definition) is 1. The van der Waals surface area contributed by atoms with Gasteiger partial charge in [-0.05, 0) is 51.6 Å². The molecule has 0 aromatic rings. The summed E-state index contributed by atoms with van der Waals surface area (Å²) in [5, 5.41) is 9.18. The Kier molecular flexibility index (Phi) is 4.05. The molecule has 0 amide bonds. The minimum Gasteiger partial charge on any atom is -0.481 e. The van der Waals surface area contributed by atoms with Gasteiger partial charge in [-0.1, -0.05) is 0 Å². The van der Waals surface area contributed by atoms with Crippen molar-refractivity contribution >= 4 is 5.97 Å². The largest absolute Gasteiger partial charge is 0.481 e. The monoisotopic (exact) mass is 241 g/mol. The Bertz CT molecular complexity index is 276. The average Bonchev–Trinajstić information content (AvgIpc) is 2.82. The smallest absolute Gasteiger partial charge is 0.305 e. The highest BCUT2D eigenvalue weighted by atomic mass is 16.5. The van der Waals surface area contributed by atoms with Crippen LogP contribution in [0.4, 0.5) is 0 Å². The van der Waals surface area contributed by atoms with Crippen LogP contribution in [0.2, 0.25) is 0 Å². The number of ether oxygens (including phenoxy) is 1. The predicted molar refractivity (Wildman–Crippen MR) is 65.1 cm³/mol. The summed E-state index contributed by atoms with van der Waals surface area (Å²) >= 11 is 0. The fraction of sp³-hybridized carbons (Fsp3) is 0.923. The lowest BCUT2D eigenvalue weighted by Crippen LogP contribution is -2.53. The number of rotatable bonds is 4. The van der Waals surface area contributed by atoms with Crippen LogP contribution in [0.1, 0.15) is 44.9 Å². The number of carboxylic acid groups (broad SMARTS) is 1. The van der Waals surface area contributed by atoms with Crippen LogP contribution in [-0.4, -0.2) is 47.8 Å². The fourth-order valence-corrected chi connectivity index (χ4v) is 3.52. The van der Waals surface area contributed by atoms with Crippen LogP contribution in [0, 0.1) is 0 Å². The van der Waals surface area contributed by atoms with E-state index in [0.717, 1.165) is 38.8 Å². The van der Waals surface area contributed by atoms with Crippen molar-refractivity contribution in [1.29, 1.82) is 0 Å². The Hall–Kier alpha value is -0.610. The first-order valence-electron chi connectivity index (χ1n) is 6.66. The molecule has 4 heteroatoms. The molecule has 2 atom stereocenters. The Morgan fingerprint density at radius 2 is 2.12 bits per heavy atom. The molecule has 0 spiro atoms. The normalized spacial score (nSPS) is 35.0. The number of carbonyl (C=O) groups is 1. The summed E-state index contributed by atoms with van der Waals surface area (Å²) in [6.07, 6.45) is 6.98. The minimum atomic E-state index is -0.673. The number of carboxylic acids is 1. The molecule has 0 bridgehead atoms. The van der Waals surface area contributed by atoms with E-state index in [1.807, 2.05) is 0 Å². The van der Waals surface area contributed by atoms with Gasteiger partial charge in [0.05, 0.1) is 12.5 Å². The molecule has 4 nitrogen and oxygen atoms in total. The van der Waals surface area contributed by atoms with E-state index in [2.05, 4.69) is 4.90 Å². The zero-order valence-electron chi connectivity index (χ0n) is 10.7. The van der Waals surface area contributed by atoms with Gasteiger partial charge in [-0.3, -0.25) is 9.69 Å². The van der Waals surface area contributed by atoms with E-state index < -0.39 is 5.97 Å². The van der Waals surface area contributed by atoms with Gasteiger partial charge in [-0.25, -0.2) is 0 Å². The standard InChI is InChI=1S/C13H23NO3/c1-17-11-5-4-6-13(9-11,10-12(15)16)14-7-2-3-8-14/h11H,2-10H2,1H3,(H,15,16). The van der Waals surface area contributed by atoms with Gasteiger partial charge in [0.2, 0.25) is 0 Å². The second-order valence-electron chi connectivity index (χ2n) is 5.44. The second-order valence-corrected chi connectivity index (χ2v) is 5.44. The van der Waals surface area contributed by atoms with E-state index in [-0.39, 0.29) is 18.1 Å². The van der Waals surface area contributed by atoms with Crippen molar-refractivity contribution in [2.45, 2.75) is 56.6 Å². The number of likely N-dealkylation sites (tertiary alicyclic amines) is 1. The van der Waals surface area contributed by atoms with Gasteiger partial charge in [0.25, 0.3) is 0 Å².